The monoisotopic (exact) mass is 381 g/mol. The molecule has 1 saturated heterocycles. The molecule has 1 aromatic carbocycles. The third-order valence-corrected chi connectivity index (χ3v) is 5.73. The lowest BCUT2D eigenvalue weighted by Gasteiger charge is -2.32. The second-order valence-corrected chi connectivity index (χ2v) is 7.86. The normalized spacial score (nSPS) is 18.1. The van der Waals surface area contributed by atoms with Crippen LogP contribution in [-0.2, 0) is 13.0 Å². The quantitative estimate of drug-likeness (QED) is 0.882. The van der Waals surface area contributed by atoms with Crippen molar-refractivity contribution in [2.75, 3.05) is 38.5 Å². The van der Waals surface area contributed by atoms with E-state index in [0.717, 1.165) is 51.3 Å². The van der Waals surface area contributed by atoms with Crippen molar-refractivity contribution in [3.63, 3.8) is 0 Å². The second kappa shape index (κ2) is 7.89. The van der Waals surface area contributed by atoms with Gasteiger partial charge in [0.05, 0.1) is 5.56 Å². The molecule has 0 unspecified atom stereocenters. The number of hydrogen-bond donors (Lipinski definition) is 1. The van der Waals surface area contributed by atoms with Crippen molar-refractivity contribution in [2.24, 2.45) is 0 Å². The van der Waals surface area contributed by atoms with Crippen molar-refractivity contribution in [3.05, 3.63) is 52.5 Å². The Bertz CT molecular complexity index is 877. The molecule has 0 atom stereocenters. The molecular weight excluding hydrogens is 354 g/mol. The van der Waals surface area contributed by atoms with Gasteiger partial charge in [0.25, 0.3) is 5.91 Å². The first-order chi connectivity index (χ1) is 13.5. The average Bonchev–Trinajstić information content (AvgIpc) is 3.03. The molecule has 1 aliphatic carbocycles. The number of benzene rings is 1. The van der Waals surface area contributed by atoms with E-state index in [9.17, 15) is 9.59 Å². The van der Waals surface area contributed by atoms with E-state index in [4.69, 9.17) is 4.42 Å². The van der Waals surface area contributed by atoms with Crippen LogP contribution in [-0.4, -0.2) is 54.7 Å². The Balaban J connectivity index is 1.41. The summed E-state index contributed by atoms with van der Waals surface area (Å²) in [4.78, 5) is 29.6. The van der Waals surface area contributed by atoms with Crippen LogP contribution in [0.1, 0.15) is 50.6 Å². The van der Waals surface area contributed by atoms with Crippen LogP contribution in [0.5, 0.6) is 0 Å². The Morgan fingerprint density at radius 3 is 2.50 bits per heavy atom. The number of nitrogens with one attached hydrogen (secondary N) is 1. The van der Waals surface area contributed by atoms with Crippen molar-refractivity contribution < 1.29 is 14.0 Å². The van der Waals surface area contributed by atoms with E-state index in [-0.39, 0.29) is 17.5 Å². The van der Waals surface area contributed by atoms with E-state index in [1.807, 2.05) is 12.1 Å². The summed E-state index contributed by atoms with van der Waals surface area (Å²) in [6.07, 6.45) is 2.04. The van der Waals surface area contributed by atoms with Gasteiger partial charge in [0, 0.05) is 56.8 Å². The minimum absolute atomic E-state index is 0.0785. The predicted molar refractivity (Wildman–Crippen MR) is 108 cm³/mol. The molecular formula is C22H27N3O3. The standard InChI is InChI=1S/C22H27N3O3/c1-15-20-18(26)4-3-5-19(20)28-21(15)22(27)23-17-8-6-16(7-9-17)14-25-12-10-24(2)11-13-25/h6-9H,3-5,10-14H2,1-2H3,(H,23,27). The highest BCUT2D eigenvalue weighted by Crippen LogP contribution is 2.29. The highest BCUT2D eigenvalue weighted by molar-refractivity contribution is 6.07. The number of anilines is 1. The Morgan fingerprint density at radius 1 is 1.11 bits per heavy atom. The molecule has 28 heavy (non-hydrogen) atoms. The van der Waals surface area contributed by atoms with Gasteiger partial charge in [-0.25, -0.2) is 0 Å². The predicted octanol–water partition coefficient (Wildman–Crippen LogP) is 3.11. The number of amides is 1. The van der Waals surface area contributed by atoms with Gasteiger partial charge in [-0.1, -0.05) is 12.1 Å². The molecule has 1 aliphatic heterocycles. The summed E-state index contributed by atoms with van der Waals surface area (Å²) in [6, 6.07) is 7.95. The van der Waals surface area contributed by atoms with Gasteiger partial charge >= 0.3 is 0 Å². The smallest absolute Gasteiger partial charge is 0.291 e. The van der Waals surface area contributed by atoms with Crippen LogP contribution in [0, 0.1) is 6.92 Å². The molecule has 2 heterocycles. The van der Waals surface area contributed by atoms with Crippen molar-refractivity contribution in [1.82, 2.24) is 9.80 Å². The number of hydrogen-bond acceptors (Lipinski definition) is 5. The zero-order valence-electron chi connectivity index (χ0n) is 16.6. The fourth-order valence-corrected chi connectivity index (χ4v) is 4.01. The van der Waals surface area contributed by atoms with E-state index in [2.05, 4.69) is 34.3 Å². The van der Waals surface area contributed by atoms with Crippen molar-refractivity contribution in [1.29, 1.82) is 0 Å². The fraction of sp³-hybridized carbons (Fsp3) is 0.455. The Hall–Kier alpha value is -2.44. The number of piperazine rings is 1. The van der Waals surface area contributed by atoms with E-state index < -0.39 is 0 Å². The number of aryl methyl sites for hydroxylation is 1. The largest absolute Gasteiger partial charge is 0.455 e. The highest BCUT2D eigenvalue weighted by Gasteiger charge is 2.28. The summed E-state index contributed by atoms with van der Waals surface area (Å²) < 4.78 is 5.73. The first-order valence-electron chi connectivity index (χ1n) is 9.98. The van der Waals surface area contributed by atoms with Crippen LogP contribution >= 0.6 is 0 Å². The molecule has 1 amide bonds. The maximum absolute atomic E-state index is 12.7. The minimum atomic E-state index is -0.300. The number of ketones is 1. The number of Topliss-reactive ketones (excluding diaryl/α,β-unsaturated/α-hetero) is 1. The molecule has 0 bridgehead atoms. The number of furan rings is 1. The van der Waals surface area contributed by atoms with E-state index in [1.54, 1.807) is 6.92 Å². The lowest BCUT2D eigenvalue weighted by molar-refractivity contribution is 0.0963. The van der Waals surface area contributed by atoms with Crippen LogP contribution in [0.3, 0.4) is 0 Å². The van der Waals surface area contributed by atoms with Gasteiger partial charge in [0.2, 0.25) is 0 Å². The zero-order valence-corrected chi connectivity index (χ0v) is 16.6. The Labute approximate surface area is 165 Å². The van der Waals surface area contributed by atoms with E-state index >= 15 is 0 Å². The third kappa shape index (κ3) is 3.88. The second-order valence-electron chi connectivity index (χ2n) is 7.86. The molecule has 1 fully saturated rings. The number of carbonyl (C=O) groups is 2. The first-order valence-corrected chi connectivity index (χ1v) is 9.98. The van der Waals surface area contributed by atoms with Crippen molar-refractivity contribution in [3.8, 4) is 0 Å². The van der Waals surface area contributed by atoms with Crippen LogP contribution in [0.2, 0.25) is 0 Å². The highest BCUT2D eigenvalue weighted by atomic mass is 16.4. The molecule has 0 radical (unpaired) electrons. The van der Waals surface area contributed by atoms with Crippen LogP contribution in [0.4, 0.5) is 5.69 Å². The number of likely N-dealkylation sites (N-methyl/N-ethyl adjacent to an activating group) is 1. The maximum atomic E-state index is 12.7. The molecule has 4 rings (SSSR count). The van der Waals surface area contributed by atoms with Crippen LogP contribution in [0.25, 0.3) is 0 Å². The average molecular weight is 381 g/mol. The Kier molecular flexibility index (Phi) is 5.33. The molecule has 0 saturated carbocycles. The molecule has 6 heteroatoms. The molecule has 2 aliphatic rings. The lowest BCUT2D eigenvalue weighted by atomic mass is 9.94. The van der Waals surface area contributed by atoms with Gasteiger partial charge in [-0.3, -0.25) is 14.5 Å². The van der Waals surface area contributed by atoms with Gasteiger partial charge in [-0.2, -0.15) is 0 Å². The Morgan fingerprint density at radius 2 is 1.82 bits per heavy atom. The number of fused-ring (bicyclic) bond motifs is 1. The SMILES string of the molecule is Cc1c(C(=O)Nc2ccc(CN3CCN(C)CC3)cc2)oc2c1C(=O)CCC2. The van der Waals surface area contributed by atoms with Gasteiger partial charge in [-0.05, 0) is 38.1 Å². The summed E-state index contributed by atoms with van der Waals surface area (Å²) in [5.41, 5.74) is 3.23. The van der Waals surface area contributed by atoms with Crippen molar-refractivity contribution in [2.45, 2.75) is 32.7 Å². The topological polar surface area (TPSA) is 65.8 Å². The number of rotatable bonds is 4. The molecule has 1 aromatic heterocycles. The lowest BCUT2D eigenvalue weighted by Crippen LogP contribution is -2.43. The third-order valence-electron chi connectivity index (χ3n) is 5.73. The van der Waals surface area contributed by atoms with E-state index in [0.29, 0.717) is 23.3 Å². The molecule has 0 spiro atoms. The first kappa shape index (κ1) is 18.9. The number of carbonyl (C=O) groups excluding carboxylic acids is 2. The fourth-order valence-electron chi connectivity index (χ4n) is 4.01. The zero-order chi connectivity index (χ0) is 19.7. The van der Waals surface area contributed by atoms with Gasteiger partial charge in [-0.15, -0.1) is 0 Å². The summed E-state index contributed by atoms with van der Waals surface area (Å²) in [6.45, 7) is 7.08. The van der Waals surface area contributed by atoms with Gasteiger partial charge in [0.1, 0.15) is 5.76 Å². The molecule has 1 N–H and O–H groups in total. The van der Waals surface area contributed by atoms with Gasteiger partial charge < -0.3 is 14.6 Å². The summed E-state index contributed by atoms with van der Waals surface area (Å²) in [5, 5.41) is 2.90. The molecule has 148 valence electrons. The van der Waals surface area contributed by atoms with Crippen molar-refractivity contribution >= 4 is 17.4 Å². The van der Waals surface area contributed by atoms with Gasteiger partial charge in [0.15, 0.2) is 11.5 Å². The van der Waals surface area contributed by atoms with Crippen LogP contribution in [0.15, 0.2) is 28.7 Å². The van der Waals surface area contributed by atoms with E-state index in [1.165, 1.54) is 5.56 Å². The summed E-state index contributed by atoms with van der Waals surface area (Å²) in [5.74, 6) is 0.685. The van der Waals surface area contributed by atoms with Crippen LogP contribution < -0.4 is 5.32 Å². The molecule has 2 aromatic rings. The summed E-state index contributed by atoms with van der Waals surface area (Å²) in [7, 11) is 2.15. The number of nitrogens with zero attached hydrogens (tertiary/aromatic N) is 2. The summed E-state index contributed by atoms with van der Waals surface area (Å²) >= 11 is 0. The minimum Gasteiger partial charge on any atom is -0.455 e. The maximum Gasteiger partial charge on any atom is 0.291 e. The molecule has 6 nitrogen and oxygen atoms in total.